The molecule has 3 aromatic rings. The minimum Gasteiger partial charge on any atom is -0.459 e. The number of nitrogens with one attached hydrogen (secondary N) is 1. The fourth-order valence-corrected chi connectivity index (χ4v) is 2.89. The van der Waals surface area contributed by atoms with Crippen LogP contribution in [0.15, 0.2) is 45.5 Å². The van der Waals surface area contributed by atoms with Crippen molar-refractivity contribution in [2.75, 3.05) is 6.54 Å². The molecule has 0 bridgehead atoms. The minimum atomic E-state index is -0.240. The Bertz CT molecular complexity index is 675. The molecule has 19 heavy (non-hydrogen) atoms. The van der Waals surface area contributed by atoms with Crippen LogP contribution in [0.4, 0.5) is 4.39 Å². The number of halogens is 1. The maximum absolute atomic E-state index is 13.2. The molecule has 98 valence electrons. The molecule has 0 fully saturated rings. The first-order chi connectivity index (χ1) is 9.28. The number of hydrogen-bond donors (Lipinski definition) is 1. The lowest BCUT2D eigenvalue weighted by Crippen LogP contribution is -2.20. The molecule has 1 unspecified atom stereocenters. The summed E-state index contributed by atoms with van der Waals surface area (Å²) in [5.41, 5.74) is 1.89. The van der Waals surface area contributed by atoms with Gasteiger partial charge in [0.25, 0.3) is 0 Å². The second-order valence-corrected chi connectivity index (χ2v) is 5.16. The number of rotatable bonds is 4. The van der Waals surface area contributed by atoms with E-state index in [0.29, 0.717) is 0 Å². The van der Waals surface area contributed by atoms with E-state index < -0.39 is 0 Å². The van der Waals surface area contributed by atoms with E-state index in [9.17, 15) is 4.39 Å². The average Bonchev–Trinajstić information content (AvgIpc) is 3.04. The highest BCUT2D eigenvalue weighted by molar-refractivity contribution is 7.08. The summed E-state index contributed by atoms with van der Waals surface area (Å²) in [4.78, 5) is 0. The molecule has 0 aliphatic carbocycles. The molecule has 1 aromatic carbocycles. The first-order valence-electron chi connectivity index (χ1n) is 6.22. The van der Waals surface area contributed by atoms with Gasteiger partial charge in [-0.1, -0.05) is 6.92 Å². The van der Waals surface area contributed by atoms with Gasteiger partial charge in [0.2, 0.25) is 0 Å². The lowest BCUT2D eigenvalue weighted by molar-refractivity contribution is 0.477. The number of thiophene rings is 1. The van der Waals surface area contributed by atoms with Gasteiger partial charge in [0, 0.05) is 5.39 Å². The second-order valence-electron chi connectivity index (χ2n) is 4.38. The molecule has 1 atom stereocenters. The molecule has 2 nitrogen and oxygen atoms in total. The van der Waals surface area contributed by atoms with Gasteiger partial charge in [-0.15, -0.1) is 0 Å². The highest BCUT2D eigenvalue weighted by atomic mass is 32.1. The van der Waals surface area contributed by atoms with E-state index in [1.807, 2.05) is 11.4 Å². The van der Waals surface area contributed by atoms with Crippen LogP contribution in [0.3, 0.4) is 0 Å². The van der Waals surface area contributed by atoms with Crippen molar-refractivity contribution in [3.8, 4) is 0 Å². The SMILES string of the molecule is CCNC(c1ccsc1)c1cc2cc(F)ccc2o1. The topological polar surface area (TPSA) is 25.2 Å². The van der Waals surface area contributed by atoms with E-state index in [4.69, 9.17) is 4.42 Å². The number of furan rings is 1. The van der Waals surface area contributed by atoms with E-state index in [1.54, 1.807) is 17.4 Å². The highest BCUT2D eigenvalue weighted by Crippen LogP contribution is 2.29. The van der Waals surface area contributed by atoms with Crippen LogP contribution in [0.25, 0.3) is 11.0 Å². The third kappa shape index (κ3) is 2.41. The van der Waals surface area contributed by atoms with Crippen molar-refractivity contribution in [2.45, 2.75) is 13.0 Å². The maximum Gasteiger partial charge on any atom is 0.134 e. The lowest BCUT2D eigenvalue weighted by atomic mass is 10.1. The Morgan fingerprint density at radius 1 is 1.32 bits per heavy atom. The average molecular weight is 275 g/mol. The fraction of sp³-hybridized carbons (Fsp3) is 0.200. The molecular formula is C15H14FNOS. The molecule has 4 heteroatoms. The van der Waals surface area contributed by atoms with Gasteiger partial charge in [0.05, 0.1) is 6.04 Å². The monoisotopic (exact) mass is 275 g/mol. The molecule has 0 spiro atoms. The van der Waals surface area contributed by atoms with E-state index in [1.165, 1.54) is 17.7 Å². The summed E-state index contributed by atoms with van der Waals surface area (Å²) in [5.74, 6) is 0.580. The molecule has 0 aliphatic heterocycles. The van der Waals surface area contributed by atoms with Gasteiger partial charge in [-0.05, 0) is 53.2 Å². The van der Waals surface area contributed by atoms with Gasteiger partial charge in [-0.2, -0.15) is 11.3 Å². The molecule has 2 heterocycles. The zero-order valence-electron chi connectivity index (χ0n) is 10.5. The zero-order valence-corrected chi connectivity index (χ0v) is 11.3. The minimum absolute atomic E-state index is 0.0201. The van der Waals surface area contributed by atoms with Gasteiger partial charge >= 0.3 is 0 Å². The van der Waals surface area contributed by atoms with Crippen molar-refractivity contribution >= 4 is 22.3 Å². The van der Waals surface area contributed by atoms with Crippen LogP contribution in [0.1, 0.15) is 24.3 Å². The van der Waals surface area contributed by atoms with Crippen LogP contribution >= 0.6 is 11.3 Å². The largest absolute Gasteiger partial charge is 0.459 e. The Labute approximate surface area is 114 Å². The molecule has 0 saturated carbocycles. The second kappa shape index (κ2) is 5.15. The summed E-state index contributed by atoms with van der Waals surface area (Å²) in [5, 5.41) is 8.34. The fourth-order valence-electron chi connectivity index (χ4n) is 2.20. The predicted octanol–water partition coefficient (Wildman–Crippen LogP) is 4.33. The Kier molecular flexibility index (Phi) is 3.36. The number of hydrogen-bond acceptors (Lipinski definition) is 3. The van der Waals surface area contributed by atoms with Crippen LogP contribution < -0.4 is 5.32 Å². The van der Waals surface area contributed by atoms with E-state index in [-0.39, 0.29) is 11.9 Å². The van der Waals surface area contributed by atoms with Crippen molar-refractivity contribution in [1.29, 1.82) is 0 Å². The number of benzene rings is 1. The molecule has 3 rings (SSSR count). The summed E-state index contributed by atoms with van der Waals surface area (Å²) in [6, 6.07) is 8.59. The van der Waals surface area contributed by atoms with Crippen molar-refractivity contribution in [3.05, 3.63) is 58.2 Å². The van der Waals surface area contributed by atoms with Gasteiger partial charge in [0.15, 0.2) is 0 Å². The maximum atomic E-state index is 13.2. The Balaban J connectivity index is 2.05. The summed E-state index contributed by atoms with van der Waals surface area (Å²) in [6.07, 6.45) is 0. The molecule has 0 amide bonds. The van der Waals surface area contributed by atoms with Crippen LogP contribution in [-0.4, -0.2) is 6.54 Å². The molecule has 0 aliphatic rings. The van der Waals surface area contributed by atoms with Gasteiger partial charge in [-0.3, -0.25) is 0 Å². The summed E-state index contributed by atoms with van der Waals surface area (Å²) in [6.45, 7) is 2.90. The van der Waals surface area contributed by atoms with Crippen molar-refractivity contribution < 1.29 is 8.81 Å². The van der Waals surface area contributed by atoms with E-state index in [2.05, 4.69) is 23.7 Å². The zero-order chi connectivity index (χ0) is 13.2. The number of fused-ring (bicyclic) bond motifs is 1. The summed E-state index contributed by atoms with van der Waals surface area (Å²) < 4.78 is 19.0. The lowest BCUT2D eigenvalue weighted by Gasteiger charge is -2.13. The molecular weight excluding hydrogens is 261 g/mol. The van der Waals surface area contributed by atoms with E-state index in [0.717, 1.165) is 23.3 Å². The summed E-state index contributed by atoms with van der Waals surface area (Å²) in [7, 11) is 0. The smallest absolute Gasteiger partial charge is 0.134 e. The van der Waals surface area contributed by atoms with Crippen LogP contribution in [-0.2, 0) is 0 Å². The highest BCUT2D eigenvalue weighted by Gasteiger charge is 2.18. The van der Waals surface area contributed by atoms with Crippen LogP contribution in [0.2, 0.25) is 0 Å². The molecule has 1 N–H and O–H groups in total. The van der Waals surface area contributed by atoms with Gasteiger partial charge in [-0.25, -0.2) is 4.39 Å². The molecule has 0 saturated heterocycles. The third-order valence-corrected chi connectivity index (χ3v) is 3.77. The van der Waals surface area contributed by atoms with Crippen molar-refractivity contribution in [2.24, 2.45) is 0 Å². The Morgan fingerprint density at radius 3 is 2.95 bits per heavy atom. The van der Waals surface area contributed by atoms with Crippen LogP contribution in [0.5, 0.6) is 0 Å². The Hall–Kier alpha value is -1.65. The van der Waals surface area contributed by atoms with E-state index >= 15 is 0 Å². The van der Waals surface area contributed by atoms with Crippen molar-refractivity contribution in [3.63, 3.8) is 0 Å². The summed E-state index contributed by atoms with van der Waals surface area (Å²) >= 11 is 1.66. The molecule has 0 radical (unpaired) electrons. The standard InChI is InChI=1S/C15H14FNOS/c1-2-17-15(10-5-6-19-9-10)14-8-11-7-12(16)3-4-13(11)18-14/h3-9,15,17H,2H2,1H3. The van der Waals surface area contributed by atoms with Crippen molar-refractivity contribution in [1.82, 2.24) is 5.32 Å². The van der Waals surface area contributed by atoms with Crippen LogP contribution in [0, 0.1) is 5.82 Å². The van der Waals surface area contributed by atoms with Gasteiger partial charge < -0.3 is 9.73 Å². The third-order valence-electron chi connectivity index (χ3n) is 3.07. The molecule has 2 aromatic heterocycles. The quantitative estimate of drug-likeness (QED) is 0.766. The first kappa shape index (κ1) is 12.4. The Morgan fingerprint density at radius 2 is 2.21 bits per heavy atom. The first-order valence-corrected chi connectivity index (χ1v) is 7.16. The normalized spacial score (nSPS) is 12.9. The van der Waals surface area contributed by atoms with Gasteiger partial charge in [0.1, 0.15) is 17.2 Å². The predicted molar refractivity (Wildman–Crippen MR) is 76.0 cm³/mol.